The van der Waals surface area contributed by atoms with Crippen molar-refractivity contribution >= 4 is 17.6 Å². The minimum atomic E-state index is -0.573. The van der Waals surface area contributed by atoms with Crippen molar-refractivity contribution in [2.45, 2.75) is 64.2 Å². The van der Waals surface area contributed by atoms with Crippen LogP contribution in [0.5, 0.6) is 0 Å². The number of nitrogens with zero attached hydrogens (tertiary/aromatic N) is 2. The van der Waals surface area contributed by atoms with E-state index in [1.165, 1.54) is 24.5 Å². The molecule has 2 aromatic carbocycles. The molecule has 37 heavy (non-hydrogen) atoms. The quantitative estimate of drug-likeness (QED) is 0.384. The number of amides is 2. The van der Waals surface area contributed by atoms with Crippen LogP contribution in [0.1, 0.15) is 42.9 Å². The predicted molar refractivity (Wildman–Crippen MR) is 133 cm³/mol. The number of rotatable bonds is 10. The molecule has 196 valence electrons. The molecule has 1 aliphatic rings. The molecule has 1 aliphatic carbocycles. The van der Waals surface area contributed by atoms with Crippen LogP contribution in [0.15, 0.2) is 48.9 Å². The number of fused-ring (bicyclic) bond motifs is 1. The second-order valence-corrected chi connectivity index (χ2v) is 9.30. The van der Waals surface area contributed by atoms with E-state index in [1.54, 1.807) is 22.9 Å². The summed E-state index contributed by atoms with van der Waals surface area (Å²) in [7, 11) is 0. The minimum absolute atomic E-state index is 0.00828. The number of imidazole rings is 1. The van der Waals surface area contributed by atoms with E-state index in [1.807, 2.05) is 6.92 Å². The highest BCUT2D eigenvalue weighted by atomic mass is 19.1. The molecule has 10 heteroatoms. The first-order valence-corrected chi connectivity index (χ1v) is 12.4. The van der Waals surface area contributed by atoms with Gasteiger partial charge in [0.15, 0.2) is 5.82 Å². The third-order valence-corrected chi connectivity index (χ3v) is 6.41. The summed E-state index contributed by atoms with van der Waals surface area (Å²) in [6, 6.07) is 7.52. The lowest BCUT2D eigenvalue weighted by Crippen LogP contribution is -2.48. The van der Waals surface area contributed by atoms with Crippen molar-refractivity contribution in [2.75, 3.05) is 5.32 Å². The molecule has 3 N–H and O–H groups in total. The van der Waals surface area contributed by atoms with Crippen molar-refractivity contribution < 1.29 is 22.8 Å². The molecule has 2 amide bonds. The molecule has 2 atom stereocenters. The Labute approximate surface area is 213 Å². The molecule has 0 bridgehead atoms. The molecule has 0 aliphatic heterocycles. The summed E-state index contributed by atoms with van der Waals surface area (Å²) in [6.07, 6.45) is 5.95. The van der Waals surface area contributed by atoms with Gasteiger partial charge in [0.2, 0.25) is 11.8 Å². The van der Waals surface area contributed by atoms with Gasteiger partial charge in [0.05, 0.1) is 12.4 Å². The monoisotopic (exact) mass is 513 g/mol. The van der Waals surface area contributed by atoms with Crippen LogP contribution in [0.4, 0.5) is 19.0 Å². The lowest BCUT2D eigenvalue weighted by atomic mass is 9.87. The Bertz CT molecular complexity index is 1250. The molecular formula is C27H30F3N5O2. The molecule has 0 spiro atoms. The average molecular weight is 514 g/mol. The maximum absolute atomic E-state index is 14.3. The normalized spacial score (nSPS) is 15.6. The number of benzene rings is 2. The fourth-order valence-electron chi connectivity index (χ4n) is 4.54. The van der Waals surface area contributed by atoms with Gasteiger partial charge < -0.3 is 20.5 Å². The number of hydrogen-bond donors (Lipinski definition) is 3. The molecule has 4 rings (SSSR count). The van der Waals surface area contributed by atoms with E-state index in [0.29, 0.717) is 42.6 Å². The van der Waals surface area contributed by atoms with E-state index in [-0.39, 0.29) is 36.8 Å². The number of halogens is 3. The van der Waals surface area contributed by atoms with Crippen molar-refractivity contribution in [3.8, 4) is 0 Å². The summed E-state index contributed by atoms with van der Waals surface area (Å²) in [6.45, 7) is 2.25. The van der Waals surface area contributed by atoms with E-state index < -0.39 is 17.7 Å². The predicted octanol–water partition coefficient (Wildman–Crippen LogP) is 3.87. The summed E-state index contributed by atoms with van der Waals surface area (Å²) in [4.78, 5) is 29.4. The zero-order valence-electron chi connectivity index (χ0n) is 20.6. The van der Waals surface area contributed by atoms with Gasteiger partial charge >= 0.3 is 0 Å². The van der Waals surface area contributed by atoms with Crippen LogP contribution in [-0.4, -0.2) is 33.4 Å². The Morgan fingerprint density at radius 3 is 2.68 bits per heavy atom. The van der Waals surface area contributed by atoms with Crippen LogP contribution in [0.2, 0.25) is 0 Å². The molecule has 0 saturated carbocycles. The second kappa shape index (κ2) is 12.1. The van der Waals surface area contributed by atoms with Crippen molar-refractivity contribution in [1.29, 1.82) is 0 Å². The van der Waals surface area contributed by atoms with Gasteiger partial charge in [-0.1, -0.05) is 25.5 Å². The van der Waals surface area contributed by atoms with Gasteiger partial charge in [0.1, 0.15) is 24.0 Å². The lowest BCUT2D eigenvalue weighted by Gasteiger charge is -2.29. The van der Waals surface area contributed by atoms with Gasteiger partial charge in [-0.2, -0.15) is 0 Å². The summed E-state index contributed by atoms with van der Waals surface area (Å²) in [5, 5.41) is 8.88. The Balaban J connectivity index is 1.29. The summed E-state index contributed by atoms with van der Waals surface area (Å²) < 4.78 is 42.4. The largest absolute Gasteiger partial charge is 0.350 e. The van der Waals surface area contributed by atoms with Gasteiger partial charge in [-0.15, -0.1) is 0 Å². The molecule has 1 heterocycles. The number of hydrogen-bond acceptors (Lipinski definition) is 4. The molecule has 3 aromatic rings. The first-order valence-electron chi connectivity index (χ1n) is 12.4. The molecule has 1 aromatic heterocycles. The van der Waals surface area contributed by atoms with Gasteiger partial charge in [-0.05, 0) is 60.6 Å². The van der Waals surface area contributed by atoms with Gasteiger partial charge in [0.25, 0.3) is 0 Å². The van der Waals surface area contributed by atoms with E-state index in [2.05, 4.69) is 20.9 Å². The fourth-order valence-corrected chi connectivity index (χ4v) is 4.54. The standard InChI is InChI=1S/C27H30F3N5O2/c1-2-3-24(33-21-9-6-18-10-20(29)11-23(30)22(18)12-21)27(37)34-25-14-35(16-32-25)15-26(36)31-13-17-4-7-19(28)8-5-17/h4-5,7-8,10-11,14,16,21,24,33H,2-3,6,9,12-13,15H2,1H3,(H,31,36)(H,34,37)/t21-,24-/m0/s1. The Morgan fingerprint density at radius 1 is 1.14 bits per heavy atom. The van der Waals surface area contributed by atoms with E-state index in [0.717, 1.165) is 18.1 Å². The van der Waals surface area contributed by atoms with Crippen LogP contribution in [-0.2, 0) is 35.5 Å². The van der Waals surface area contributed by atoms with Crippen LogP contribution in [0.25, 0.3) is 0 Å². The maximum atomic E-state index is 14.3. The SMILES string of the molecule is CCC[C@H](N[C@H]1CCc2cc(F)cc(F)c2C1)C(=O)Nc1cn(CC(=O)NCc2ccc(F)cc2)cn1. The minimum Gasteiger partial charge on any atom is -0.350 e. The molecule has 0 unspecified atom stereocenters. The van der Waals surface area contributed by atoms with Gasteiger partial charge in [-0.3, -0.25) is 9.59 Å². The highest BCUT2D eigenvalue weighted by molar-refractivity contribution is 5.94. The smallest absolute Gasteiger partial charge is 0.242 e. The zero-order valence-corrected chi connectivity index (χ0v) is 20.6. The van der Waals surface area contributed by atoms with Crippen molar-refractivity contribution in [2.24, 2.45) is 0 Å². The topological polar surface area (TPSA) is 88.0 Å². The maximum Gasteiger partial charge on any atom is 0.242 e. The molecular weight excluding hydrogens is 483 g/mol. The third-order valence-electron chi connectivity index (χ3n) is 6.41. The molecule has 7 nitrogen and oxygen atoms in total. The number of nitrogens with one attached hydrogen (secondary N) is 3. The van der Waals surface area contributed by atoms with E-state index >= 15 is 0 Å². The van der Waals surface area contributed by atoms with Crippen LogP contribution >= 0.6 is 0 Å². The number of carbonyl (C=O) groups is 2. The van der Waals surface area contributed by atoms with E-state index in [9.17, 15) is 22.8 Å². The first kappa shape index (κ1) is 26.4. The zero-order chi connectivity index (χ0) is 26.4. The lowest BCUT2D eigenvalue weighted by molar-refractivity contribution is -0.122. The first-order chi connectivity index (χ1) is 17.8. The van der Waals surface area contributed by atoms with Crippen LogP contribution < -0.4 is 16.0 Å². The van der Waals surface area contributed by atoms with Gasteiger partial charge in [0, 0.05) is 24.8 Å². The molecule has 0 radical (unpaired) electrons. The Morgan fingerprint density at radius 2 is 1.92 bits per heavy atom. The van der Waals surface area contributed by atoms with Crippen LogP contribution in [0, 0.1) is 17.5 Å². The van der Waals surface area contributed by atoms with Crippen LogP contribution in [0.3, 0.4) is 0 Å². The number of aromatic nitrogens is 2. The number of aryl methyl sites for hydroxylation is 1. The molecule has 0 fully saturated rings. The van der Waals surface area contributed by atoms with Crippen molar-refractivity contribution in [1.82, 2.24) is 20.2 Å². The Hall–Kier alpha value is -3.66. The third kappa shape index (κ3) is 7.19. The number of anilines is 1. The summed E-state index contributed by atoms with van der Waals surface area (Å²) >= 11 is 0. The second-order valence-electron chi connectivity index (χ2n) is 9.30. The summed E-state index contributed by atoms with van der Waals surface area (Å²) in [5.41, 5.74) is 1.95. The molecule has 0 saturated heterocycles. The average Bonchev–Trinajstić information content (AvgIpc) is 3.30. The number of carbonyl (C=O) groups excluding carboxylic acids is 2. The highest BCUT2D eigenvalue weighted by Gasteiger charge is 2.27. The van der Waals surface area contributed by atoms with Crippen molar-refractivity contribution in [3.05, 3.63) is 83.1 Å². The van der Waals surface area contributed by atoms with Gasteiger partial charge in [-0.25, -0.2) is 18.2 Å². The van der Waals surface area contributed by atoms with Crippen molar-refractivity contribution in [3.63, 3.8) is 0 Å². The highest BCUT2D eigenvalue weighted by Crippen LogP contribution is 2.26. The summed E-state index contributed by atoms with van der Waals surface area (Å²) in [5.74, 6) is -1.67. The van der Waals surface area contributed by atoms with E-state index in [4.69, 9.17) is 0 Å². The Kier molecular flexibility index (Phi) is 8.60. The fraction of sp³-hybridized carbons (Fsp3) is 0.370.